The van der Waals surface area contributed by atoms with E-state index in [0.29, 0.717) is 19.3 Å². The molecular formula is C29H38O7. The van der Waals surface area contributed by atoms with Crippen molar-refractivity contribution in [3.8, 4) is 0 Å². The van der Waals surface area contributed by atoms with Crippen LogP contribution in [0.5, 0.6) is 0 Å². The third-order valence-electron chi connectivity index (χ3n) is 10.3. The number of aliphatic hydroxyl groups excluding tert-OH is 1. The first kappa shape index (κ1) is 25.4. The molecule has 36 heavy (non-hydrogen) atoms. The molecule has 0 amide bonds. The van der Waals surface area contributed by atoms with E-state index in [0.717, 1.165) is 24.8 Å². The van der Waals surface area contributed by atoms with Gasteiger partial charge in [-0.25, -0.2) is 4.79 Å². The van der Waals surface area contributed by atoms with Gasteiger partial charge in [-0.3, -0.25) is 4.79 Å². The average molecular weight is 499 g/mol. The van der Waals surface area contributed by atoms with Gasteiger partial charge >= 0.3 is 11.9 Å². The molecule has 7 nitrogen and oxygen atoms in total. The molecule has 0 unspecified atom stereocenters. The van der Waals surface area contributed by atoms with Crippen molar-refractivity contribution in [1.82, 2.24) is 0 Å². The molecular weight excluding hydrogens is 460 g/mol. The first-order valence-corrected chi connectivity index (χ1v) is 13.1. The zero-order valence-corrected chi connectivity index (χ0v) is 21.5. The Kier molecular flexibility index (Phi) is 6.13. The van der Waals surface area contributed by atoms with Gasteiger partial charge in [0.25, 0.3) is 0 Å². The van der Waals surface area contributed by atoms with Crippen molar-refractivity contribution in [3.05, 3.63) is 42.0 Å². The quantitative estimate of drug-likeness (QED) is 0.481. The van der Waals surface area contributed by atoms with Crippen LogP contribution in [-0.4, -0.2) is 58.3 Å². The molecule has 2 N–H and O–H groups in total. The summed E-state index contributed by atoms with van der Waals surface area (Å²) in [5.41, 5.74) is -3.07. The lowest BCUT2D eigenvalue weighted by Gasteiger charge is -2.70. The van der Waals surface area contributed by atoms with Crippen LogP contribution in [0, 0.1) is 16.7 Å². The van der Waals surface area contributed by atoms with Crippen LogP contribution in [0.2, 0.25) is 0 Å². The van der Waals surface area contributed by atoms with Crippen LogP contribution in [0.25, 0.3) is 6.08 Å². The van der Waals surface area contributed by atoms with Crippen LogP contribution in [-0.2, 0) is 23.8 Å². The molecule has 7 atom stereocenters. The first-order chi connectivity index (χ1) is 17.0. The molecule has 1 aromatic rings. The smallest absolute Gasteiger partial charge is 0.331 e. The van der Waals surface area contributed by atoms with E-state index in [1.807, 2.05) is 37.3 Å². The zero-order chi connectivity index (χ0) is 25.8. The fourth-order valence-corrected chi connectivity index (χ4v) is 7.90. The van der Waals surface area contributed by atoms with E-state index in [1.54, 1.807) is 6.08 Å². The first-order valence-electron chi connectivity index (χ1n) is 13.1. The Bertz CT molecular complexity index is 1050. The van der Waals surface area contributed by atoms with E-state index in [9.17, 15) is 19.8 Å². The molecule has 2 saturated heterocycles. The topological polar surface area (TPSA) is 102 Å². The number of esters is 2. The SMILES string of the molecule is C[C@@]12[C@@H](OC(=O)/C=C/c3ccccc3)C[C@]3(C)O[C@]4(CC[C@]3(C)[C@H]1CCC[C@]2(O)CO)COC(=O)C4. The van der Waals surface area contributed by atoms with Crippen molar-refractivity contribution in [2.45, 2.75) is 88.6 Å². The number of carbonyl (C=O) groups is 2. The highest BCUT2D eigenvalue weighted by Gasteiger charge is 2.73. The standard InChI is InChI=1S/C29H38O7/c1-25-14-15-28(17-24(32)34-19-28)36-26(25,2)16-22(27(3)21(25)10-7-13-29(27,33)18-30)35-23(31)12-11-20-8-5-4-6-9-20/h4-6,8-9,11-12,21-22,30,33H,7,10,13-19H2,1-3H3/b12-11+/t21-,22+,25-,26+,27+,28+,29+/m1/s1. The maximum absolute atomic E-state index is 13.1. The summed E-state index contributed by atoms with van der Waals surface area (Å²) >= 11 is 0. The molecule has 196 valence electrons. The van der Waals surface area contributed by atoms with E-state index in [1.165, 1.54) is 6.08 Å². The summed E-state index contributed by atoms with van der Waals surface area (Å²) in [5, 5.41) is 22.2. The lowest BCUT2D eigenvalue weighted by Crippen LogP contribution is -2.75. The van der Waals surface area contributed by atoms with Crippen molar-refractivity contribution in [2.24, 2.45) is 16.7 Å². The van der Waals surface area contributed by atoms with Gasteiger partial charge < -0.3 is 24.4 Å². The van der Waals surface area contributed by atoms with Crippen molar-refractivity contribution < 1.29 is 34.0 Å². The Balaban J connectivity index is 1.50. The van der Waals surface area contributed by atoms with Gasteiger partial charge in [-0.1, -0.05) is 50.6 Å². The Labute approximate surface area is 212 Å². The Morgan fingerprint density at radius 3 is 2.58 bits per heavy atom. The molecule has 0 aromatic heterocycles. The lowest BCUT2D eigenvalue weighted by molar-refractivity contribution is -0.337. The van der Waals surface area contributed by atoms with E-state index in [-0.39, 0.29) is 30.3 Å². The largest absolute Gasteiger partial charge is 0.463 e. The summed E-state index contributed by atoms with van der Waals surface area (Å²) in [5.74, 6) is -0.795. The summed E-state index contributed by atoms with van der Waals surface area (Å²) in [7, 11) is 0. The predicted molar refractivity (Wildman–Crippen MR) is 133 cm³/mol. The van der Waals surface area contributed by atoms with Crippen molar-refractivity contribution in [3.63, 3.8) is 0 Å². The number of ether oxygens (including phenoxy) is 3. The molecule has 4 fully saturated rings. The Morgan fingerprint density at radius 1 is 1.17 bits per heavy atom. The minimum absolute atomic E-state index is 0.0547. The maximum atomic E-state index is 13.1. The van der Waals surface area contributed by atoms with Gasteiger partial charge in [0.15, 0.2) is 0 Å². The molecule has 0 bridgehead atoms. The molecule has 0 radical (unpaired) electrons. The number of rotatable bonds is 4. The molecule has 4 aliphatic rings. The van der Waals surface area contributed by atoms with Gasteiger partial charge in [0.1, 0.15) is 18.3 Å². The highest BCUT2D eigenvalue weighted by atomic mass is 16.6. The number of benzene rings is 1. The number of fused-ring (bicyclic) bond motifs is 3. The molecule has 5 rings (SSSR count). The monoisotopic (exact) mass is 498 g/mol. The number of aliphatic hydroxyl groups is 2. The van der Waals surface area contributed by atoms with Gasteiger partial charge in [0, 0.05) is 23.3 Å². The third kappa shape index (κ3) is 3.74. The fraction of sp³-hybridized carbons (Fsp3) is 0.655. The van der Waals surface area contributed by atoms with Crippen LogP contribution in [0.15, 0.2) is 36.4 Å². The molecule has 2 aliphatic carbocycles. The lowest BCUT2D eigenvalue weighted by atomic mass is 9.40. The molecule has 1 aromatic carbocycles. The van der Waals surface area contributed by atoms with E-state index in [2.05, 4.69) is 13.8 Å². The number of cyclic esters (lactones) is 1. The number of hydrogen-bond donors (Lipinski definition) is 2. The number of hydrogen-bond acceptors (Lipinski definition) is 7. The van der Waals surface area contributed by atoms with Crippen LogP contribution >= 0.6 is 0 Å². The second-order valence-corrected chi connectivity index (χ2v) is 12.1. The second-order valence-electron chi connectivity index (χ2n) is 12.1. The molecule has 7 heteroatoms. The third-order valence-corrected chi connectivity index (χ3v) is 10.3. The second kappa shape index (κ2) is 8.67. The Hall–Kier alpha value is -2.22. The van der Waals surface area contributed by atoms with Gasteiger partial charge in [-0.2, -0.15) is 0 Å². The minimum Gasteiger partial charge on any atom is -0.463 e. The fourth-order valence-electron chi connectivity index (χ4n) is 7.90. The molecule has 2 saturated carbocycles. The van der Waals surface area contributed by atoms with Crippen LogP contribution in [0.3, 0.4) is 0 Å². The van der Waals surface area contributed by atoms with Crippen LogP contribution in [0.4, 0.5) is 0 Å². The summed E-state index contributed by atoms with van der Waals surface area (Å²) in [6.07, 6.45) is 6.58. The average Bonchev–Trinajstić information content (AvgIpc) is 3.21. The minimum atomic E-state index is -1.38. The predicted octanol–water partition coefficient (Wildman–Crippen LogP) is 3.81. The number of carbonyl (C=O) groups excluding carboxylic acids is 2. The van der Waals surface area contributed by atoms with Crippen molar-refractivity contribution in [1.29, 1.82) is 0 Å². The molecule has 1 spiro atoms. The van der Waals surface area contributed by atoms with E-state index < -0.39 is 40.9 Å². The highest BCUT2D eigenvalue weighted by molar-refractivity contribution is 5.87. The normalized spacial score (nSPS) is 44.2. The van der Waals surface area contributed by atoms with Gasteiger partial charge in [-0.15, -0.1) is 0 Å². The van der Waals surface area contributed by atoms with Gasteiger partial charge in [0.05, 0.1) is 24.2 Å². The highest BCUT2D eigenvalue weighted by Crippen LogP contribution is 2.69. The zero-order valence-electron chi connectivity index (χ0n) is 21.5. The summed E-state index contributed by atoms with van der Waals surface area (Å²) < 4.78 is 18.3. The summed E-state index contributed by atoms with van der Waals surface area (Å²) in [4.78, 5) is 25.1. The van der Waals surface area contributed by atoms with Crippen molar-refractivity contribution >= 4 is 18.0 Å². The molecule has 2 aliphatic heterocycles. The van der Waals surface area contributed by atoms with E-state index >= 15 is 0 Å². The summed E-state index contributed by atoms with van der Waals surface area (Å²) in [6.45, 7) is 6.09. The van der Waals surface area contributed by atoms with Crippen LogP contribution in [0.1, 0.15) is 71.3 Å². The summed E-state index contributed by atoms with van der Waals surface area (Å²) in [6, 6.07) is 9.52. The Morgan fingerprint density at radius 2 is 1.92 bits per heavy atom. The van der Waals surface area contributed by atoms with Gasteiger partial charge in [0.2, 0.25) is 0 Å². The van der Waals surface area contributed by atoms with Gasteiger partial charge in [-0.05, 0) is 50.2 Å². The molecule has 2 heterocycles. The maximum Gasteiger partial charge on any atom is 0.331 e. The van der Waals surface area contributed by atoms with Crippen LogP contribution < -0.4 is 0 Å². The van der Waals surface area contributed by atoms with E-state index in [4.69, 9.17) is 14.2 Å². The van der Waals surface area contributed by atoms with Crippen molar-refractivity contribution in [2.75, 3.05) is 13.2 Å².